The summed E-state index contributed by atoms with van der Waals surface area (Å²) in [6, 6.07) is 9.37. The normalized spacial score (nSPS) is 11.2. The maximum Gasteiger partial charge on any atom is 0.291 e. The summed E-state index contributed by atoms with van der Waals surface area (Å²) in [7, 11) is 0. The lowest BCUT2D eigenvalue weighted by Gasteiger charge is -2.07. The number of aryl methyl sites for hydroxylation is 1. The molecule has 0 unspecified atom stereocenters. The molecule has 0 aromatic carbocycles. The van der Waals surface area contributed by atoms with E-state index in [1.165, 1.54) is 9.56 Å². The van der Waals surface area contributed by atoms with Crippen LogP contribution in [0, 0.1) is 6.92 Å². The summed E-state index contributed by atoms with van der Waals surface area (Å²) >= 11 is 1.63. The molecule has 4 rings (SSSR count). The minimum Gasteiger partial charge on any atom is -0.349 e. The average Bonchev–Trinajstić information content (AvgIpc) is 3.13. The second-order valence-corrected chi connectivity index (χ2v) is 6.99. The fourth-order valence-corrected chi connectivity index (χ4v) is 3.67. The summed E-state index contributed by atoms with van der Waals surface area (Å²) in [5, 5.41) is 6.87. The van der Waals surface area contributed by atoms with Crippen LogP contribution >= 0.6 is 11.3 Å². The van der Waals surface area contributed by atoms with Crippen LogP contribution in [0.1, 0.15) is 10.6 Å². The SMILES string of the molecule is Cc1cc2c(cc3c(=O)n(CC(=O)NCc4ccccn4)ncn32)s1. The van der Waals surface area contributed by atoms with Gasteiger partial charge in [-0.05, 0) is 31.2 Å². The molecule has 4 aromatic rings. The summed E-state index contributed by atoms with van der Waals surface area (Å²) in [5.41, 5.74) is 1.97. The Bertz CT molecular complexity index is 1130. The molecule has 0 fully saturated rings. The first kappa shape index (κ1) is 15.5. The van der Waals surface area contributed by atoms with E-state index in [0.29, 0.717) is 12.1 Å². The summed E-state index contributed by atoms with van der Waals surface area (Å²) < 4.78 is 3.98. The van der Waals surface area contributed by atoms with Crippen molar-refractivity contribution >= 4 is 33.0 Å². The topological polar surface area (TPSA) is 81.3 Å². The highest BCUT2D eigenvalue weighted by Crippen LogP contribution is 2.26. The Morgan fingerprint density at radius 2 is 2.16 bits per heavy atom. The van der Waals surface area contributed by atoms with Gasteiger partial charge in [-0.2, -0.15) is 5.10 Å². The smallest absolute Gasteiger partial charge is 0.291 e. The van der Waals surface area contributed by atoms with E-state index in [1.54, 1.807) is 28.3 Å². The lowest BCUT2D eigenvalue weighted by molar-refractivity contribution is -0.122. The molecular formula is C17H15N5O2S. The summed E-state index contributed by atoms with van der Waals surface area (Å²) in [4.78, 5) is 30.0. The molecule has 0 aliphatic carbocycles. The first-order valence-corrected chi connectivity index (χ1v) is 8.57. The fourth-order valence-electron chi connectivity index (χ4n) is 2.72. The van der Waals surface area contributed by atoms with Gasteiger partial charge in [-0.15, -0.1) is 11.3 Å². The van der Waals surface area contributed by atoms with Gasteiger partial charge in [-0.25, -0.2) is 4.68 Å². The van der Waals surface area contributed by atoms with Crippen LogP contribution < -0.4 is 10.9 Å². The van der Waals surface area contributed by atoms with E-state index in [-0.39, 0.29) is 18.0 Å². The Morgan fingerprint density at radius 3 is 2.96 bits per heavy atom. The number of hydrogen-bond acceptors (Lipinski definition) is 5. The quantitative estimate of drug-likeness (QED) is 0.606. The minimum absolute atomic E-state index is 0.125. The Kier molecular flexibility index (Phi) is 3.81. The van der Waals surface area contributed by atoms with E-state index in [9.17, 15) is 9.59 Å². The Labute approximate surface area is 146 Å². The molecule has 0 radical (unpaired) electrons. The first-order valence-electron chi connectivity index (χ1n) is 7.76. The van der Waals surface area contributed by atoms with Gasteiger partial charge in [-0.3, -0.25) is 19.0 Å². The van der Waals surface area contributed by atoms with Gasteiger partial charge in [0.15, 0.2) is 0 Å². The molecule has 1 amide bonds. The van der Waals surface area contributed by atoms with Crippen molar-refractivity contribution in [2.24, 2.45) is 0 Å². The van der Waals surface area contributed by atoms with Gasteiger partial charge in [0.25, 0.3) is 5.56 Å². The zero-order valence-corrected chi connectivity index (χ0v) is 14.3. The number of thiophene rings is 1. The number of pyridine rings is 1. The number of rotatable bonds is 4. The second-order valence-electron chi connectivity index (χ2n) is 5.70. The minimum atomic E-state index is -0.284. The predicted octanol–water partition coefficient (Wildman–Crippen LogP) is 1.73. The third-order valence-corrected chi connectivity index (χ3v) is 4.88. The van der Waals surface area contributed by atoms with Crippen molar-refractivity contribution in [3.8, 4) is 0 Å². The summed E-state index contributed by atoms with van der Waals surface area (Å²) in [6.45, 7) is 2.22. The van der Waals surface area contributed by atoms with Gasteiger partial charge in [0.1, 0.15) is 18.4 Å². The van der Waals surface area contributed by atoms with Gasteiger partial charge in [0.2, 0.25) is 5.91 Å². The van der Waals surface area contributed by atoms with Crippen molar-refractivity contribution in [3.05, 3.63) is 63.8 Å². The predicted molar refractivity (Wildman–Crippen MR) is 95.7 cm³/mol. The van der Waals surface area contributed by atoms with Crippen LogP contribution in [0.5, 0.6) is 0 Å². The third kappa shape index (κ3) is 2.91. The lowest BCUT2D eigenvalue weighted by Crippen LogP contribution is -2.34. The van der Waals surface area contributed by atoms with Gasteiger partial charge in [0.05, 0.1) is 22.5 Å². The highest BCUT2D eigenvalue weighted by Gasteiger charge is 2.13. The Hall–Kier alpha value is -3.00. The number of carbonyl (C=O) groups is 1. The average molecular weight is 353 g/mol. The molecule has 1 N–H and O–H groups in total. The van der Waals surface area contributed by atoms with E-state index < -0.39 is 0 Å². The number of aromatic nitrogens is 4. The van der Waals surface area contributed by atoms with E-state index in [0.717, 1.165) is 15.9 Å². The number of nitrogens with zero attached hydrogens (tertiary/aromatic N) is 4. The van der Waals surface area contributed by atoms with E-state index >= 15 is 0 Å². The molecule has 0 saturated heterocycles. The number of amides is 1. The highest BCUT2D eigenvalue weighted by molar-refractivity contribution is 7.19. The van der Waals surface area contributed by atoms with Crippen LogP contribution in [0.2, 0.25) is 0 Å². The van der Waals surface area contributed by atoms with Crippen LogP contribution in [0.25, 0.3) is 15.7 Å². The van der Waals surface area contributed by atoms with Gasteiger partial charge >= 0.3 is 0 Å². The summed E-state index contributed by atoms with van der Waals surface area (Å²) in [6.07, 6.45) is 3.25. The largest absolute Gasteiger partial charge is 0.349 e. The maximum absolute atomic E-state index is 12.6. The second kappa shape index (κ2) is 6.14. The Balaban J connectivity index is 1.56. The van der Waals surface area contributed by atoms with Crippen molar-refractivity contribution in [2.75, 3.05) is 0 Å². The number of hydrogen-bond donors (Lipinski definition) is 1. The number of nitrogens with one attached hydrogen (secondary N) is 1. The molecule has 4 aromatic heterocycles. The van der Waals surface area contributed by atoms with Crippen LogP contribution in [-0.4, -0.2) is 25.1 Å². The highest BCUT2D eigenvalue weighted by atomic mass is 32.1. The van der Waals surface area contributed by atoms with Crippen molar-refractivity contribution < 1.29 is 4.79 Å². The number of fused-ring (bicyclic) bond motifs is 3. The van der Waals surface area contributed by atoms with Crippen LogP contribution in [-0.2, 0) is 17.9 Å². The van der Waals surface area contributed by atoms with Gasteiger partial charge in [0, 0.05) is 11.1 Å². The molecule has 7 nitrogen and oxygen atoms in total. The molecule has 0 bridgehead atoms. The maximum atomic E-state index is 12.6. The monoisotopic (exact) mass is 353 g/mol. The zero-order valence-electron chi connectivity index (χ0n) is 13.5. The molecular weight excluding hydrogens is 338 g/mol. The standard InChI is InChI=1S/C17H15N5O2S/c1-11-6-13-15(25-11)7-14-17(24)22(20-10-21(13)14)9-16(23)19-8-12-4-2-3-5-18-12/h2-7,10H,8-9H2,1H3,(H,19,23). The third-order valence-electron chi connectivity index (χ3n) is 3.90. The molecule has 0 aliphatic rings. The fraction of sp³-hybridized carbons (Fsp3) is 0.176. The van der Waals surface area contributed by atoms with Gasteiger partial charge in [-0.1, -0.05) is 6.07 Å². The molecule has 0 spiro atoms. The molecule has 4 heterocycles. The zero-order chi connectivity index (χ0) is 17.4. The molecule has 0 atom stereocenters. The van der Waals surface area contributed by atoms with Crippen molar-refractivity contribution in [1.29, 1.82) is 0 Å². The first-order chi connectivity index (χ1) is 12.1. The summed E-state index contributed by atoms with van der Waals surface area (Å²) in [5.74, 6) is -0.284. The van der Waals surface area contributed by atoms with Crippen LogP contribution in [0.3, 0.4) is 0 Å². The molecule has 25 heavy (non-hydrogen) atoms. The van der Waals surface area contributed by atoms with Crippen molar-refractivity contribution in [2.45, 2.75) is 20.0 Å². The molecule has 126 valence electrons. The van der Waals surface area contributed by atoms with Gasteiger partial charge < -0.3 is 5.32 Å². The van der Waals surface area contributed by atoms with Crippen LogP contribution in [0.15, 0.2) is 47.7 Å². The Morgan fingerprint density at radius 1 is 1.28 bits per heavy atom. The van der Waals surface area contributed by atoms with Crippen molar-refractivity contribution in [1.82, 2.24) is 24.5 Å². The van der Waals surface area contributed by atoms with E-state index in [1.807, 2.05) is 37.3 Å². The number of carbonyl (C=O) groups excluding carboxylic acids is 1. The van der Waals surface area contributed by atoms with Crippen LogP contribution in [0.4, 0.5) is 0 Å². The van der Waals surface area contributed by atoms with E-state index in [2.05, 4.69) is 15.4 Å². The van der Waals surface area contributed by atoms with Crippen molar-refractivity contribution in [3.63, 3.8) is 0 Å². The lowest BCUT2D eigenvalue weighted by atomic mass is 10.3. The van der Waals surface area contributed by atoms with E-state index in [4.69, 9.17) is 0 Å². The molecule has 8 heteroatoms. The molecule has 0 saturated carbocycles. The molecule has 0 aliphatic heterocycles.